The van der Waals surface area contributed by atoms with Gasteiger partial charge in [0.05, 0.1) is 0 Å². The van der Waals surface area contributed by atoms with Gasteiger partial charge in [-0.1, -0.05) is 41.8 Å². The quantitative estimate of drug-likeness (QED) is 0.704. The van der Waals surface area contributed by atoms with Crippen LogP contribution in [0.1, 0.15) is 50.6 Å². The van der Waals surface area contributed by atoms with Crippen molar-refractivity contribution >= 4 is 23.2 Å². The Bertz CT molecular complexity index is 454. The zero-order valence-corrected chi connectivity index (χ0v) is 12.9. The largest absolute Gasteiger partial charge is 0.310 e. The van der Waals surface area contributed by atoms with E-state index in [4.69, 9.17) is 23.2 Å². The Morgan fingerprint density at radius 1 is 1.26 bits per heavy atom. The Kier molecular flexibility index (Phi) is 5.75. The predicted molar refractivity (Wildman–Crippen MR) is 84.0 cm³/mol. The van der Waals surface area contributed by atoms with Crippen LogP contribution in [0.15, 0.2) is 29.8 Å². The van der Waals surface area contributed by atoms with Gasteiger partial charge in [0.1, 0.15) is 0 Å². The molecule has 1 aromatic rings. The fourth-order valence-electron chi connectivity index (χ4n) is 2.67. The molecule has 1 nitrogen and oxygen atoms in total. The third kappa shape index (κ3) is 4.24. The molecule has 0 spiro atoms. The number of halogens is 2. The minimum Gasteiger partial charge on any atom is -0.310 e. The first-order valence-electron chi connectivity index (χ1n) is 7.07. The first-order valence-corrected chi connectivity index (χ1v) is 7.82. The highest BCUT2D eigenvalue weighted by Crippen LogP contribution is 2.32. The van der Waals surface area contributed by atoms with Gasteiger partial charge < -0.3 is 5.32 Å². The normalized spacial score (nSPS) is 17.1. The summed E-state index contributed by atoms with van der Waals surface area (Å²) < 4.78 is 0. The van der Waals surface area contributed by atoms with E-state index >= 15 is 0 Å². The number of nitrogens with one attached hydrogen (secondary N) is 1. The van der Waals surface area contributed by atoms with E-state index < -0.39 is 0 Å². The molecule has 1 aliphatic rings. The minimum absolute atomic E-state index is 0.264. The number of hydrogen-bond acceptors (Lipinski definition) is 1. The summed E-state index contributed by atoms with van der Waals surface area (Å²) in [4.78, 5) is 0. The molecule has 1 atom stereocenters. The van der Waals surface area contributed by atoms with Gasteiger partial charge in [-0.05, 0) is 62.4 Å². The molecule has 0 aliphatic heterocycles. The van der Waals surface area contributed by atoms with Crippen molar-refractivity contribution in [1.82, 2.24) is 5.32 Å². The maximum absolute atomic E-state index is 6.33. The fourth-order valence-corrected chi connectivity index (χ4v) is 3.10. The minimum atomic E-state index is 0.264. The summed E-state index contributed by atoms with van der Waals surface area (Å²) in [6.45, 7) is 3.06. The lowest BCUT2D eigenvalue weighted by molar-refractivity contribution is 0.528. The van der Waals surface area contributed by atoms with Gasteiger partial charge in [0, 0.05) is 16.1 Å². The van der Waals surface area contributed by atoms with Gasteiger partial charge in [0.2, 0.25) is 0 Å². The highest BCUT2D eigenvalue weighted by molar-refractivity contribution is 6.33. The molecule has 104 valence electrons. The standard InChI is InChI=1S/C16H21Cl2N/c1-2-19-16(10-12-6-4-3-5-7-12)14-11-13(17)8-9-15(14)18/h6,8-9,11,16,19H,2-5,7,10H2,1H3. The lowest BCUT2D eigenvalue weighted by Crippen LogP contribution is -2.22. The Hall–Kier alpha value is -0.500. The number of rotatable bonds is 5. The third-order valence-electron chi connectivity index (χ3n) is 3.64. The Morgan fingerprint density at radius 3 is 2.79 bits per heavy atom. The van der Waals surface area contributed by atoms with Gasteiger partial charge in [0.15, 0.2) is 0 Å². The summed E-state index contributed by atoms with van der Waals surface area (Å²) in [6, 6.07) is 5.98. The van der Waals surface area contributed by atoms with Crippen LogP contribution in [-0.4, -0.2) is 6.54 Å². The van der Waals surface area contributed by atoms with E-state index in [0.717, 1.165) is 28.6 Å². The summed E-state index contributed by atoms with van der Waals surface area (Å²) in [5.41, 5.74) is 2.66. The molecule has 1 aromatic carbocycles. The summed E-state index contributed by atoms with van der Waals surface area (Å²) in [5.74, 6) is 0. The molecule has 1 N–H and O–H groups in total. The van der Waals surface area contributed by atoms with Crippen molar-refractivity contribution in [2.45, 2.75) is 45.1 Å². The molecule has 0 saturated heterocycles. The average Bonchev–Trinajstić information content (AvgIpc) is 2.42. The maximum atomic E-state index is 6.33. The van der Waals surface area contributed by atoms with Crippen molar-refractivity contribution in [2.75, 3.05) is 6.54 Å². The third-order valence-corrected chi connectivity index (χ3v) is 4.21. The Balaban J connectivity index is 2.18. The summed E-state index contributed by atoms with van der Waals surface area (Å²) in [5, 5.41) is 5.08. The molecule has 19 heavy (non-hydrogen) atoms. The van der Waals surface area contributed by atoms with E-state index in [1.165, 1.54) is 25.7 Å². The molecular weight excluding hydrogens is 277 g/mol. The Morgan fingerprint density at radius 2 is 2.11 bits per heavy atom. The fraction of sp³-hybridized carbons (Fsp3) is 0.500. The van der Waals surface area contributed by atoms with Crippen LogP contribution in [0.5, 0.6) is 0 Å². The molecule has 0 fully saturated rings. The van der Waals surface area contributed by atoms with Crippen molar-refractivity contribution in [1.29, 1.82) is 0 Å². The maximum Gasteiger partial charge on any atom is 0.0454 e. The van der Waals surface area contributed by atoms with Crippen LogP contribution in [-0.2, 0) is 0 Å². The lowest BCUT2D eigenvalue weighted by atomic mass is 9.91. The number of allylic oxidation sites excluding steroid dienone is 1. The van der Waals surface area contributed by atoms with E-state index in [-0.39, 0.29) is 6.04 Å². The number of hydrogen-bond donors (Lipinski definition) is 1. The van der Waals surface area contributed by atoms with E-state index in [2.05, 4.69) is 18.3 Å². The lowest BCUT2D eigenvalue weighted by Gasteiger charge is -2.23. The SMILES string of the molecule is CCNC(CC1=CCCCC1)c1cc(Cl)ccc1Cl. The first kappa shape index (κ1) is 14.9. The average molecular weight is 298 g/mol. The second kappa shape index (κ2) is 7.33. The van der Waals surface area contributed by atoms with Crippen LogP contribution >= 0.6 is 23.2 Å². The molecule has 0 bridgehead atoms. The van der Waals surface area contributed by atoms with E-state index in [0.29, 0.717) is 0 Å². The van der Waals surface area contributed by atoms with Crippen LogP contribution in [0.3, 0.4) is 0 Å². The van der Waals surface area contributed by atoms with Crippen LogP contribution in [0.25, 0.3) is 0 Å². The monoisotopic (exact) mass is 297 g/mol. The van der Waals surface area contributed by atoms with Crippen molar-refractivity contribution in [2.24, 2.45) is 0 Å². The number of benzene rings is 1. The second-order valence-corrected chi connectivity index (χ2v) is 5.93. The van der Waals surface area contributed by atoms with Crippen molar-refractivity contribution in [3.8, 4) is 0 Å². The van der Waals surface area contributed by atoms with Gasteiger partial charge in [-0.25, -0.2) is 0 Å². The van der Waals surface area contributed by atoms with Crippen LogP contribution in [0.4, 0.5) is 0 Å². The Labute approximate surface area is 126 Å². The highest BCUT2D eigenvalue weighted by Gasteiger charge is 2.17. The molecule has 0 radical (unpaired) electrons. The van der Waals surface area contributed by atoms with Crippen LogP contribution in [0.2, 0.25) is 10.0 Å². The summed E-state index contributed by atoms with van der Waals surface area (Å²) in [6.07, 6.45) is 8.51. The molecule has 1 aliphatic carbocycles. The first-order chi connectivity index (χ1) is 9.20. The summed E-state index contributed by atoms with van der Waals surface area (Å²) in [7, 11) is 0. The van der Waals surface area contributed by atoms with E-state index in [1.54, 1.807) is 5.57 Å². The van der Waals surface area contributed by atoms with Gasteiger partial charge in [-0.3, -0.25) is 0 Å². The topological polar surface area (TPSA) is 12.0 Å². The molecular formula is C16H21Cl2N. The van der Waals surface area contributed by atoms with Crippen LogP contribution in [0, 0.1) is 0 Å². The zero-order chi connectivity index (χ0) is 13.7. The zero-order valence-electron chi connectivity index (χ0n) is 11.4. The molecule has 0 aromatic heterocycles. The van der Waals surface area contributed by atoms with Crippen molar-refractivity contribution < 1.29 is 0 Å². The van der Waals surface area contributed by atoms with E-state index in [9.17, 15) is 0 Å². The molecule has 2 rings (SSSR count). The second-order valence-electron chi connectivity index (χ2n) is 5.09. The molecule has 3 heteroatoms. The van der Waals surface area contributed by atoms with E-state index in [1.807, 2.05) is 18.2 Å². The molecule has 1 unspecified atom stereocenters. The highest BCUT2D eigenvalue weighted by atomic mass is 35.5. The summed E-state index contributed by atoms with van der Waals surface area (Å²) >= 11 is 12.4. The van der Waals surface area contributed by atoms with Gasteiger partial charge in [0.25, 0.3) is 0 Å². The van der Waals surface area contributed by atoms with Crippen molar-refractivity contribution in [3.05, 3.63) is 45.5 Å². The van der Waals surface area contributed by atoms with Gasteiger partial charge in [-0.2, -0.15) is 0 Å². The molecule has 0 heterocycles. The van der Waals surface area contributed by atoms with Gasteiger partial charge >= 0.3 is 0 Å². The van der Waals surface area contributed by atoms with Gasteiger partial charge in [-0.15, -0.1) is 0 Å². The molecule has 0 saturated carbocycles. The van der Waals surface area contributed by atoms with Crippen molar-refractivity contribution in [3.63, 3.8) is 0 Å². The smallest absolute Gasteiger partial charge is 0.0454 e. The predicted octanol–water partition coefficient (Wildman–Crippen LogP) is 5.53. The molecule has 0 amide bonds. The van der Waals surface area contributed by atoms with Crippen LogP contribution < -0.4 is 5.32 Å².